The minimum atomic E-state index is -0.850. The van der Waals surface area contributed by atoms with E-state index in [1.165, 1.54) is 15.8 Å². The number of carbonyl (C=O) groups is 1. The van der Waals surface area contributed by atoms with Crippen LogP contribution in [0.2, 0.25) is 5.02 Å². The Morgan fingerprint density at radius 2 is 1.83 bits per heavy atom. The van der Waals surface area contributed by atoms with Crippen molar-refractivity contribution in [2.24, 2.45) is 5.41 Å². The average Bonchev–Trinajstić information content (AvgIpc) is 2.94. The van der Waals surface area contributed by atoms with Crippen LogP contribution in [0.5, 0.6) is 0 Å². The molecule has 154 valence electrons. The van der Waals surface area contributed by atoms with Crippen LogP contribution in [0.25, 0.3) is 10.9 Å². The van der Waals surface area contributed by atoms with Gasteiger partial charge < -0.3 is 9.67 Å². The number of halogens is 1. The molecule has 1 heterocycles. The Balaban J connectivity index is 2.22. The lowest BCUT2D eigenvalue weighted by atomic mass is 9.88. The number of fused-ring (bicyclic) bond motifs is 1. The third-order valence-corrected chi connectivity index (χ3v) is 6.57. The molecular formula is C24H28ClNO2S. The van der Waals surface area contributed by atoms with Crippen LogP contribution in [0.3, 0.4) is 0 Å². The summed E-state index contributed by atoms with van der Waals surface area (Å²) in [6.45, 7) is 8.66. The summed E-state index contributed by atoms with van der Waals surface area (Å²) in [4.78, 5) is 13.0. The summed E-state index contributed by atoms with van der Waals surface area (Å²) in [5.41, 5.74) is 3.81. The van der Waals surface area contributed by atoms with Crippen molar-refractivity contribution in [2.45, 2.75) is 51.5 Å². The average molecular weight is 430 g/mol. The molecule has 3 aromatic rings. The van der Waals surface area contributed by atoms with E-state index >= 15 is 0 Å². The number of carboxylic acid groups (broad SMARTS) is 1. The molecule has 5 heteroatoms. The van der Waals surface area contributed by atoms with Crippen molar-refractivity contribution in [3.05, 3.63) is 64.3 Å². The van der Waals surface area contributed by atoms with E-state index in [0.717, 1.165) is 16.8 Å². The second kappa shape index (κ2) is 8.45. The molecule has 0 atom stereocenters. The van der Waals surface area contributed by atoms with Gasteiger partial charge in [-0.3, -0.25) is 4.79 Å². The summed E-state index contributed by atoms with van der Waals surface area (Å²) >= 11 is 7.76. The molecule has 0 bridgehead atoms. The van der Waals surface area contributed by atoms with Crippen molar-refractivity contribution < 1.29 is 9.90 Å². The number of nitrogens with zero attached hydrogens (tertiary/aromatic N) is 1. The zero-order valence-electron chi connectivity index (χ0n) is 17.6. The lowest BCUT2D eigenvalue weighted by Crippen LogP contribution is -2.27. The van der Waals surface area contributed by atoms with Crippen LogP contribution < -0.4 is 0 Å². The SMILES string of the molecule is CSc1c(CC(C)(C)C(=O)O)n(Cc2ccc(Cl)cc2)c2ccc(C(C)C)cc12. The van der Waals surface area contributed by atoms with E-state index in [1.807, 2.05) is 24.3 Å². The van der Waals surface area contributed by atoms with Gasteiger partial charge in [0.2, 0.25) is 0 Å². The van der Waals surface area contributed by atoms with Crippen LogP contribution in [-0.2, 0) is 17.8 Å². The molecule has 0 saturated heterocycles. The minimum absolute atomic E-state index is 0.438. The Morgan fingerprint density at radius 1 is 1.17 bits per heavy atom. The van der Waals surface area contributed by atoms with Gasteiger partial charge in [0.25, 0.3) is 0 Å². The maximum atomic E-state index is 11.9. The summed E-state index contributed by atoms with van der Waals surface area (Å²) in [6, 6.07) is 14.5. The fourth-order valence-electron chi connectivity index (χ4n) is 3.60. The van der Waals surface area contributed by atoms with E-state index in [0.29, 0.717) is 23.9 Å². The number of hydrogen-bond acceptors (Lipinski definition) is 2. The first kappa shape index (κ1) is 21.8. The quantitative estimate of drug-likeness (QED) is 0.418. The van der Waals surface area contributed by atoms with Gasteiger partial charge in [-0.2, -0.15) is 0 Å². The lowest BCUT2D eigenvalue weighted by Gasteiger charge is -2.22. The van der Waals surface area contributed by atoms with Gasteiger partial charge in [0.05, 0.1) is 5.41 Å². The Labute approximate surface area is 182 Å². The summed E-state index contributed by atoms with van der Waals surface area (Å²) in [5, 5.41) is 11.7. The smallest absolute Gasteiger partial charge is 0.309 e. The number of aliphatic carboxylic acids is 1. The molecule has 0 fully saturated rings. The molecule has 0 spiro atoms. The van der Waals surface area contributed by atoms with Crippen molar-refractivity contribution in [1.82, 2.24) is 4.57 Å². The molecule has 0 unspecified atom stereocenters. The van der Waals surface area contributed by atoms with Crippen LogP contribution >= 0.6 is 23.4 Å². The van der Waals surface area contributed by atoms with Gasteiger partial charge in [-0.1, -0.05) is 43.6 Å². The first-order chi connectivity index (χ1) is 13.6. The van der Waals surface area contributed by atoms with E-state index in [9.17, 15) is 9.90 Å². The molecule has 1 N–H and O–H groups in total. The number of carboxylic acids is 1. The molecule has 3 nitrogen and oxygen atoms in total. The van der Waals surface area contributed by atoms with Gasteiger partial charge >= 0.3 is 5.97 Å². The molecular weight excluding hydrogens is 402 g/mol. The van der Waals surface area contributed by atoms with Gasteiger partial charge in [0.15, 0.2) is 0 Å². The summed E-state index contributed by atoms with van der Waals surface area (Å²) in [6.07, 6.45) is 2.54. The molecule has 0 aliphatic carbocycles. The molecule has 2 aromatic carbocycles. The first-order valence-corrected chi connectivity index (χ1v) is 11.4. The normalized spacial score (nSPS) is 12.1. The second-order valence-electron chi connectivity index (χ2n) is 8.49. The molecule has 0 saturated carbocycles. The predicted molar refractivity (Wildman–Crippen MR) is 123 cm³/mol. The number of thioether (sulfide) groups is 1. The van der Waals surface area contributed by atoms with E-state index in [2.05, 4.69) is 42.9 Å². The predicted octanol–water partition coefficient (Wildman–Crippen LogP) is 6.84. The molecule has 1 aromatic heterocycles. The molecule has 0 aliphatic rings. The number of benzene rings is 2. The topological polar surface area (TPSA) is 42.2 Å². The van der Waals surface area contributed by atoms with Crippen LogP contribution in [0, 0.1) is 5.41 Å². The highest BCUT2D eigenvalue weighted by atomic mass is 35.5. The van der Waals surface area contributed by atoms with Crippen LogP contribution in [0.4, 0.5) is 0 Å². The first-order valence-electron chi connectivity index (χ1n) is 9.81. The largest absolute Gasteiger partial charge is 0.481 e. The van der Waals surface area contributed by atoms with Gasteiger partial charge in [-0.05, 0) is 61.4 Å². The van der Waals surface area contributed by atoms with Crippen molar-refractivity contribution in [3.63, 3.8) is 0 Å². The van der Waals surface area contributed by atoms with E-state index in [4.69, 9.17) is 11.6 Å². The third-order valence-electron chi connectivity index (χ3n) is 5.46. The monoisotopic (exact) mass is 429 g/mol. The maximum Gasteiger partial charge on any atom is 0.309 e. The molecule has 3 rings (SSSR count). The van der Waals surface area contributed by atoms with Gasteiger partial charge in [0, 0.05) is 39.5 Å². The maximum absolute atomic E-state index is 11.9. The Kier molecular flexibility index (Phi) is 6.35. The van der Waals surface area contributed by atoms with Crippen molar-refractivity contribution >= 4 is 40.2 Å². The Bertz CT molecular complexity index is 1040. The summed E-state index contributed by atoms with van der Waals surface area (Å²) in [7, 11) is 0. The minimum Gasteiger partial charge on any atom is -0.481 e. The zero-order chi connectivity index (χ0) is 21.3. The fraction of sp³-hybridized carbons (Fsp3) is 0.375. The number of hydrogen-bond donors (Lipinski definition) is 1. The van der Waals surface area contributed by atoms with Crippen LogP contribution in [-0.4, -0.2) is 21.9 Å². The summed E-state index contributed by atoms with van der Waals surface area (Å²) < 4.78 is 2.28. The van der Waals surface area contributed by atoms with Crippen LogP contribution in [0.15, 0.2) is 47.4 Å². The van der Waals surface area contributed by atoms with Gasteiger partial charge in [-0.15, -0.1) is 11.8 Å². The third kappa shape index (κ3) is 4.49. The number of rotatable bonds is 7. The van der Waals surface area contributed by atoms with Gasteiger partial charge in [-0.25, -0.2) is 0 Å². The fourth-order valence-corrected chi connectivity index (χ4v) is 4.53. The Morgan fingerprint density at radius 3 is 2.38 bits per heavy atom. The number of aromatic nitrogens is 1. The Hall–Kier alpha value is -1.91. The highest BCUT2D eigenvalue weighted by Gasteiger charge is 2.31. The van der Waals surface area contributed by atoms with E-state index < -0.39 is 11.4 Å². The van der Waals surface area contributed by atoms with Crippen molar-refractivity contribution in [1.29, 1.82) is 0 Å². The lowest BCUT2D eigenvalue weighted by molar-refractivity contribution is -0.146. The van der Waals surface area contributed by atoms with E-state index in [-0.39, 0.29) is 0 Å². The second-order valence-corrected chi connectivity index (χ2v) is 9.74. The van der Waals surface area contributed by atoms with Crippen molar-refractivity contribution in [3.8, 4) is 0 Å². The highest BCUT2D eigenvalue weighted by Crippen LogP contribution is 2.38. The summed E-state index contributed by atoms with van der Waals surface area (Å²) in [5.74, 6) is -0.344. The molecule has 0 amide bonds. The van der Waals surface area contributed by atoms with Gasteiger partial charge in [0.1, 0.15) is 0 Å². The van der Waals surface area contributed by atoms with Crippen molar-refractivity contribution in [2.75, 3.05) is 6.26 Å². The standard InChI is InChI=1S/C24H28ClNO2S/c1-15(2)17-8-11-20-19(12-17)22(29-5)21(13-24(3,4)23(27)28)26(20)14-16-6-9-18(25)10-7-16/h6-12,15H,13-14H2,1-5H3,(H,27,28). The highest BCUT2D eigenvalue weighted by molar-refractivity contribution is 7.98. The van der Waals surface area contributed by atoms with E-state index in [1.54, 1.807) is 25.6 Å². The molecule has 0 aliphatic heterocycles. The molecule has 29 heavy (non-hydrogen) atoms. The van der Waals surface area contributed by atoms with Crippen LogP contribution in [0.1, 0.15) is 50.4 Å². The molecule has 0 radical (unpaired) electrons. The zero-order valence-corrected chi connectivity index (χ0v) is 19.2.